The molecule has 0 aliphatic carbocycles. The lowest BCUT2D eigenvalue weighted by atomic mass is 10.1. The highest BCUT2D eigenvalue weighted by molar-refractivity contribution is 9.10. The van der Waals surface area contributed by atoms with Crippen LogP contribution in [0.4, 0.5) is 0 Å². The van der Waals surface area contributed by atoms with Gasteiger partial charge in [0.05, 0.1) is 12.2 Å². The van der Waals surface area contributed by atoms with Gasteiger partial charge in [-0.15, -0.1) is 0 Å². The molecule has 0 bridgehead atoms. The molecule has 5 heteroatoms. The topological polar surface area (TPSA) is 52.6 Å². The van der Waals surface area contributed by atoms with Crippen LogP contribution in [0.15, 0.2) is 83.3 Å². The zero-order valence-electron chi connectivity index (χ0n) is 15.8. The number of allylic oxidation sites excluding steroid dienone is 1. The van der Waals surface area contributed by atoms with Crippen molar-refractivity contribution in [2.75, 3.05) is 6.61 Å². The molecule has 0 aromatic heterocycles. The fraction of sp³-hybridized carbons (Fsp3) is 0.0833. The highest BCUT2D eigenvalue weighted by Crippen LogP contribution is 2.20. The summed E-state index contributed by atoms with van der Waals surface area (Å²) in [4.78, 5) is 24.6. The van der Waals surface area contributed by atoms with Gasteiger partial charge in [0.1, 0.15) is 11.5 Å². The van der Waals surface area contributed by atoms with E-state index in [1.807, 2.05) is 37.3 Å². The molecule has 0 unspecified atom stereocenters. The number of ether oxygens (including phenoxy) is 2. The van der Waals surface area contributed by atoms with Gasteiger partial charge >= 0.3 is 5.97 Å². The largest absolute Gasteiger partial charge is 0.494 e. The van der Waals surface area contributed by atoms with E-state index in [1.54, 1.807) is 48.5 Å². The molecule has 0 aliphatic heterocycles. The smallest absolute Gasteiger partial charge is 0.344 e. The second-order valence-electron chi connectivity index (χ2n) is 6.09. The average Bonchev–Trinajstić information content (AvgIpc) is 2.74. The van der Waals surface area contributed by atoms with Gasteiger partial charge < -0.3 is 9.47 Å². The third-order valence-corrected chi connectivity index (χ3v) is 4.75. The third-order valence-electron chi connectivity index (χ3n) is 4.06. The van der Waals surface area contributed by atoms with Crippen LogP contribution in [-0.2, 0) is 0 Å². The van der Waals surface area contributed by atoms with Crippen LogP contribution in [0.1, 0.15) is 33.2 Å². The van der Waals surface area contributed by atoms with Crippen molar-refractivity contribution < 1.29 is 19.1 Å². The fourth-order valence-electron chi connectivity index (χ4n) is 2.59. The van der Waals surface area contributed by atoms with Crippen LogP contribution in [0.2, 0.25) is 0 Å². The molecule has 0 N–H and O–H groups in total. The van der Waals surface area contributed by atoms with E-state index in [9.17, 15) is 9.59 Å². The Balaban J connectivity index is 1.62. The predicted molar refractivity (Wildman–Crippen MR) is 117 cm³/mol. The lowest BCUT2D eigenvalue weighted by molar-refractivity contribution is 0.0733. The van der Waals surface area contributed by atoms with Crippen LogP contribution >= 0.6 is 15.9 Å². The number of hydrogen-bond donors (Lipinski definition) is 0. The molecule has 3 rings (SSSR count). The van der Waals surface area contributed by atoms with E-state index in [4.69, 9.17) is 9.47 Å². The number of esters is 1. The van der Waals surface area contributed by atoms with Crippen molar-refractivity contribution in [2.45, 2.75) is 6.92 Å². The minimum atomic E-state index is -0.466. The van der Waals surface area contributed by atoms with Gasteiger partial charge in [-0.1, -0.05) is 30.3 Å². The van der Waals surface area contributed by atoms with Gasteiger partial charge in [-0.3, -0.25) is 4.79 Å². The van der Waals surface area contributed by atoms with E-state index in [0.29, 0.717) is 28.0 Å². The maximum absolute atomic E-state index is 12.4. The number of rotatable bonds is 7. The number of benzene rings is 3. The Bertz CT molecular complexity index is 1020. The van der Waals surface area contributed by atoms with Crippen LogP contribution in [0.3, 0.4) is 0 Å². The van der Waals surface area contributed by atoms with Gasteiger partial charge in [0.25, 0.3) is 0 Å². The first-order valence-electron chi connectivity index (χ1n) is 9.09. The Labute approximate surface area is 177 Å². The first-order valence-corrected chi connectivity index (χ1v) is 9.88. The van der Waals surface area contributed by atoms with Crippen LogP contribution in [0.5, 0.6) is 11.5 Å². The Morgan fingerprint density at radius 3 is 2.21 bits per heavy atom. The maximum Gasteiger partial charge on any atom is 0.344 e. The molecule has 0 heterocycles. The Morgan fingerprint density at radius 1 is 0.897 bits per heavy atom. The van der Waals surface area contributed by atoms with Gasteiger partial charge in [0.2, 0.25) is 0 Å². The minimum Gasteiger partial charge on any atom is -0.494 e. The van der Waals surface area contributed by atoms with E-state index in [0.717, 1.165) is 11.3 Å². The Hall–Kier alpha value is -3.18. The quantitative estimate of drug-likeness (QED) is 0.192. The monoisotopic (exact) mass is 450 g/mol. The average molecular weight is 451 g/mol. The number of ketones is 1. The summed E-state index contributed by atoms with van der Waals surface area (Å²) in [7, 11) is 0. The molecular weight excluding hydrogens is 432 g/mol. The van der Waals surface area contributed by atoms with E-state index in [2.05, 4.69) is 15.9 Å². The molecule has 0 radical (unpaired) electrons. The van der Waals surface area contributed by atoms with Gasteiger partial charge in [0, 0.05) is 10.0 Å². The summed E-state index contributed by atoms with van der Waals surface area (Å²) in [6.45, 7) is 2.54. The van der Waals surface area contributed by atoms with Crippen LogP contribution in [-0.4, -0.2) is 18.4 Å². The van der Waals surface area contributed by atoms with E-state index >= 15 is 0 Å². The third kappa shape index (κ3) is 5.65. The van der Waals surface area contributed by atoms with Crippen molar-refractivity contribution in [1.29, 1.82) is 0 Å². The van der Waals surface area contributed by atoms with Gasteiger partial charge in [-0.2, -0.15) is 0 Å². The molecule has 0 fully saturated rings. The Kier molecular flexibility index (Phi) is 6.98. The molecule has 0 saturated carbocycles. The first kappa shape index (κ1) is 20.6. The molecular formula is C24H19BrO4. The lowest BCUT2D eigenvalue weighted by Crippen LogP contribution is -2.09. The molecule has 0 saturated heterocycles. The van der Waals surface area contributed by atoms with Crippen molar-refractivity contribution in [3.63, 3.8) is 0 Å². The number of hydrogen-bond acceptors (Lipinski definition) is 4. The van der Waals surface area contributed by atoms with Crippen molar-refractivity contribution in [2.24, 2.45) is 0 Å². The highest BCUT2D eigenvalue weighted by atomic mass is 79.9. The van der Waals surface area contributed by atoms with Crippen LogP contribution in [0.25, 0.3) is 6.08 Å². The standard InChI is InChI=1S/C24H19BrO4/c1-2-28-19-12-7-17(8-13-19)9-16-23(26)18-10-14-20(15-11-18)29-24(27)21-5-3-4-6-22(21)25/h3-16H,2H2,1H3/b16-9+. The maximum atomic E-state index is 12.4. The predicted octanol–water partition coefficient (Wildman–Crippen LogP) is 5.96. The SMILES string of the molecule is CCOc1ccc(/C=C/C(=O)c2ccc(OC(=O)c3ccccc3Br)cc2)cc1. The van der Waals surface area contributed by atoms with E-state index in [1.165, 1.54) is 6.08 Å². The fourth-order valence-corrected chi connectivity index (χ4v) is 3.03. The summed E-state index contributed by atoms with van der Waals surface area (Å²) in [5.41, 5.74) is 1.85. The summed E-state index contributed by atoms with van der Waals surface area (Å²) >= 11 is 3.33. The highest BCUT2D eigenvalue weighted by Gasteiger charge is 2.12. The molecule has 0 spiro atoms. The molecule has 146 valence electrons. The van der Waals surface area contributed by atoms with Gasteiger partial charge in [-0.05, 0) is 83.0 Å². The van der Waals surface area contributed by atoms with Crippen molar-refractivity contribution in [1.82, 2.24) is 0 Å². The van der Waals surface area contributed by atoms with Crippen LogP contribution < -0.4 is 9.47 Å². The molecule has 0 aliphatic rings. The second kappa shape index (κ2) is 9.85. The molecule has 0 amide bonds. The summed E-state index contributed by atoms with van der Waals surface area (Å²) < 4.78 is 11.4. The summed E-state index contributed by atoms with van der Waals surface area (Å²) in [6.07, 6.45) is 3.26. The normalized spacial score (nSPS) is 10.7. The summed E-state index contributed by atoms with van der Waals surface area (Å²) in [6, 6.07) is 21.0. The zero-order chi connectivity index (χ0) is 20.6. The number of carbonyl (C=O) groups excluding carboxylic acids is 2. The molecule has 3 aromatic carbocycles. The molecule has 3 aromatic rings. The molecule has 0 atom stereocenters. The van der Waals surface area contributed by atoms with Crippen molar-refractivity contribution >= 4 is 33.8 Å². The van der Waals surface area contributed by atoms with Crippen LogP contribution in [0, 0.1) is 0 Å². The number of carbonyl (C=O) groups is 2. The van der Waals surface area contributed by atoms with Crippen molar-refractivity contribution in [3.8, 4) is 11.5 Å². The minimum absolute atomic E-state index is 0.137. The zero-order valence-corrected chi connectivity index (χ0v) is 17.4. The van der Waals surface area contributed by atoms with E-state index in [-0.39, 0.29) is 5.78 Å². The summed E-state index contributed by atoms with van der Waals surface area (Å²) in [5.74, 6) is 0.566. The molecule has 4 nitrogen and oxygen atoms in total. The lowest BCUT2D eigenvalue weighted by Gasteiger charge is -2.06. The molecule has 29 heavy (non-hydrogen) atoms. The first-order chi connectivity index (χ1) is 14.1. The summed E-state index contributed by atoms with van der Waals surface area (Å²) in [5, 5.41) is 0. The van der Waals surface area contributed by atoms with Gasteiger partial charge in [0.15, 0.2) is 5.78 Å². The number of halogens is 1. The second-order valence-corrected chi connectivity index (χ2v) is 6.95. The van der Waals surface area contributed by atoms with Gasteiger partial charge in [-0.25, -0.2) is 4.79 Å². The van der Waals surface area contributed by atoms with Crippen molar-refractivity contribution in [3.05, 3.63) is 100 Å². The van der Waals surface area contributed by atoms with E-state index < -0.39 is 5.97 Å². The Morgan fingerprint density at radius 2 is 1.55 bits per heavy atom.